The molecule has 0 aliphatic carbocycles. The van der Waals surface area contributed by atoms with Gasteiger partial charge in [0.05, 0.1) is 18.3 Å². The van der Waals surface area contributed by atoms with E-state index in [2.05, 4.69) is 10.4 Å². The number of hydrogen-bond donors (Lipinski definition) is 1. The molecular formula is C24H28N4O4. The molecule has 0 spiro atoms. The van der Waals surface area contributed by atoms with Crippen LogP contribution in [0.15, 0.2) is 59.5 Å². The second-order valence-electron chi connectivity index (χ2n) is 8.38. The van der Waals surface area contributed by atoms with Gasteiger partial charge in [0.1, 0.15) is 12.1 Å². The Morgan fingerprint density at radius 2 is 1.78 bits per heavy atom. The van der Waals surface area contributed by atoms with Gasteiger partial charge in [-0.05, 0) is 51.5 Å². The lowest BCUT2D eigenvalue weighted by Gasteiger charge is -2.27. The van der Waals surface area contributed by atoms with Crippen molar-refractivity contribution in [3.8, 4) is 0 Å². The van der Waals surface area contributed by atoms with Gasteiger partial charge in [-0.3, -0.25) is 14.3 Å². The number of amides is 2. The highest BCUT2D eigenvalue weighted by atomic mass is 16.6. The lowest BCUT2D eigenvalue weighted by atomic mass is 10.1. The molecule has 1 aromatic heterocycles. The summed E-state index contributed by atoms with van der Waals surface area (Å²) in [5.74, 6) is -0.293. The third-order valence-electron chi connectivity index (χ3n) is 4.74. The molecule has 8 nitrogen and oxygen atoms in total. The third kappa shape index (κ3) is 5.72. The smallest absolute Gasteiger partial charge is 0.410 e. The molecule has 1 heterocycles. The molecule has 168 valence electrons. The zero-order chi connectivity index (χ0) is 23.3. The molecule has 3 aromatic rings. The van der Waals surface area contributed by atoms with Crippen molar-refractivity contribution in [2.24, 2.45) is 0 Å². The normalized spacial score (nSPS) is 11.2. The van der Waals surface area contributed by atoms with Gasteiger partial charge in [-0.25, -0.2) is 4.79 Å². The maximum absolute atomic E-state index is 12.8. The highest BCUT2D eigenvalue weighted by Crippen LogP contribution is 2.19. The largest absolute Gasteiger partial charge is 0.444 e. The lowest BCUT2D eigenvalue weighted by molar-refractivity contribution is -0.116. The predicted octanol–water partition coefficient (Wildman–Crippen LogP) is 3.79. The topological polar surface area (TPSA) is 93.5 Å². The van der Waals surface area contributed by atoms with E-state index in [9.17, 15) is 14.4 Å². The molecule has 2 aromatic carbocycles. The maximum atomic E-state index is 12.8. The van der Waals surface area contributed by atoms with Crippen molar-refractivity contribution in [3.05, 3.63) is 70.5 Å². The fourth-order valence-electron chi connectivity index (χ4n) is 3.23. The number of anilines is 1. The number of para-hydroxylation sites is 2. The van der Waals surface area contributed by atoms with Gasteiger partial charge in [0, 0.05) is 17.6 Å². The number of carbonyl (C=O) groups is 2. The standard InChI is InChI=1S/C24H28N4O4/c1-5-27(23(31)32-24(2,3)4)15-17-10-6-8-12-19(17)26-22(30)16-28-20-13-9-7-11-18(20)21(29)14-25-28/h6-14H,5,15-16H2,1-4H3,(H,26,30). The van der Waals surface area contributed by atoms with Crippen molar-refractivity contribution in [1.29, 1.82) is 0 Å². The zero-order valence-corrected chi connectivity index (χ0v) is 18.8. The fraction of sp³-hybridized carbons (Fsp3) is 0.333. The van der Waals surface area contributed by atoms with Gasteiger partial charge in [0.25, 0.3) is 0 Å². The molecule has 32 heavy (non-hydrogen) atoms. The SMILES string of the molecule is CCN(Cc1ccccc1NC(=O)Cn1ncc(=O)c2ccccc21)C(=O)OC(C)(C)C. The van der Waals surface area contributed by atoms with Gasteiger partial charge in [0.15, 0.2) is 0 Å². The van der Waals surface area contributed by atoms with Crippen LogP contribution in [0.25, 0.3) is 10.9 Å². The van der Waals surface area contributed by atoms with Crippen LogP contribution in [-0.4, -0.2) is 38.8 Å². The van der Waals surface area contributed by atoms with E-state index in [0.29, 0.717) is 29.7 Å². The van der Waals surface area contributed by atoms with E-state index < -0.39 is 11.7 Å². The van der Waals surface area contributed by atoms with Crippen molar-refractivity contribution in [2.45, 2.75) is 46.4 Å². The summed E-state index contributed by atoms with van der Waals surface area (Å²) in [6, 6.07) is 14.3. The summed E-state index contributed by atoms with van der Waals surface area (Å²) in [7, 11) is 0. The summed E-state index contributed by atoms with van der Waals surface area (Å²) >= 11 is 0. The highest BCUT2D eigenvalue weighted by molar-refractivity contribution is 5.92. The van der Waals surface area contributed by atoms with Crippen LogP contribution in [0.3, 0.4) is 0 Å². The molecule has 0 aliphatic heterocycles. The molecule has 1 N–H and O–H groups in total. The molecular weight excluding hydrogens is 408 g/mol. The molecule has 0 radical (unpaired) electrons. The Morgan fingerprint density at radius 1 is 1.09 bits per heavy atom. The Bertz CT molecular complexity index is 1180. The summed E-state index contributed by atoms with van der Waals surface area (Å²) in [5, 5.41) is 7.51. The first-order valence-electron chi connectivity index (χ1n) is 10.5. The number of aromatic nitrogens is 2. The fourth-order valence-corrected chi connectivity index (χ4v) is 3.23. The summed E-state index contributed by atoms with van der Waals surface area (Å²) in [5.41, 5.74) is 1.19. The van der Waals surface area contributed by atoms with Crippen LogP contribution >= 0.6 is 0 Å². The number of nitrogens with zero attached hydrogens (tertiary/aromatic N) is 3. The van der Waals surface area contributed by atoms with Crippen LogP contribution in [0.4, 0.5) is 10.5 Å². The lowest BCUT2D eigenvalue weighted by Crippen LogP contribution is -2.36. The Morgan fingerprint density at radius 3 is 2.50 bits per heavy atom. The molecule has 0 aliphatic rings. The van der Waals surface area contributed by atoms with Crippen LogP contribution in [0.2, 0.25) is 0 Å². The van der Waals surface area contributed by atoms with Crippen molar-refractivity contribution < 1.29 is 14.3 Å². The van der Waals surface area contributed by atoms with Gasteiger partial charge in [0.2, 0.25) is 11.3 Å². The van der Waals surface area contributed by atoms with E-state index in [1.165, 1.54) is 10.9 Å². The molecule has 0 bridgehead atoms. The molecule has 2 amide bonds. The number of carbonyl (C=O) groups excluding carboxylic acids is 2. The number of benzene rings is 2. The van der Waals surface area contributed by atoms with E-state index >= 15 is 0 Å². The van der Waals surface area contributed by atoms with Crippen molar-refractivity contribution in [3.63, 3.8) is 0 Å². The monoisotopic (exact) mass is 436 g/mol. The molecule has 0 saturated heterocycles. The molecule has 8 heteroatoms. The summed E-state index contributed by atoms with van der Waals surface area (Å²) < 4.78 is 6.97. The van der Waals surface area contributed by atoms with Gasteiger partial charge in [-0.15, -0.1) is 0 Å². The molecule has 0 fully saturated rings. The van der Waals surface area contributed by atoms with E-state index in [-0.39, 0.29) is 17.9 Å². The minimum absolute atomic E-state index is 0.0569. The molecule has 0 saturated carbocycles. The molecule has 0 unspecified atom stereocenters. The number of nitrogens with one attached hydrogen (secondary N) is 1. The predicted molar refractivity (Wildman–Crippen MR) is 123 cm³/mol. The average molecular weight is 437 g/mol. The van der Waals surface area contributed by atoms with Crippen molar-refractivity contribution in [2.75, 3.05) is 11.9 Å². The second-order valence-corrected chi connectivity index (χ2v) is 8.38. The Kier molecular flexibility index (Phi) is 6.92. The Balaban J connectivity index is 1.76. The Labute approximate surface area is 186 Å². The van der Waals surface area contributed by atoms with Crippen molar-refractivity contribution >= 4 is 28.6 Å². The summed E-state index contributed by atoms with van der Waals surface area (Å²) in [4.78, 5) is 38.9. The van der Waals surface area contributed by atoms with E-state index in [1.807, 2.05) is 45.9 Å². The van der Waals surface area contributed by atoms with Gasteiger partial charge in [-0.2, -0.15) is 5.10 Å². The second kappa shape index (κ2) is 9.64. The maximum Gasteiger partial charge on any atom is 0.410 e. The van der Waals surface area contributed by atoms with Gasteiger partial charge < -0.3 is 15.0 Å². The van der Waals surface area contributed by atoms with E-state index in [1.54, 1.807) is 35.2 Å². The Hall–Kier alpha value is -3.68. The molecule has 0 atom stereocenters. The van der Waals surface area contributed by atoms with Crippen molar-refractivity contribution in [1.82, 2.24) is 14.7 Å². The van der Waals surface area contributed by atoms with Crippen LogP contribution in [-0.2, 0) is 22.6 Å². The summed E-state index contributed by atoms with van der Waals surface area (Å²) in [6.45, 7) is 8.04. The van der Waals surface area contributed by atoms with Gasteiger partial charge in [-0.1, -0.05) is 30.3 Å². The van der Waals surface area contributed by atoms with Crippen LogP contribution in [0.5, 0.6) is 0 Å². The molecule has 3 rings (SSSR count). The first kappa shape index (κ1) is 23.0. The number of rotatable bonds is 6. The van der Waals surface area contributed by atoms with Crippen LogP contribution in [0.1, 0.15) is 33.3 Å². The van der Waals surface area contributed by atoms with E-state index in [4.69, 9.17) is 4.74 Å². The first-order valence-corrected chi connectivity index (χ1v) is 10.5. The first-order chi connectivity index (χ1) is 15.2. The number of hydrogen-bond acceptors (Lipinski definition) is 5. The quantitative estimate of drug-likeness (QED) is 0.635. The minimum atomic E-state index is -0.592. The van der Waals surface area contributed by atoms with Gasteiger partial charge >= 0.3 is 6.09 Å². The zero-order valence-electron chi connectivity index (χ0n) is 18.8. The number of ether oxygens (including phenoxy) is 1. The van der Waals surface area contributed by atoms with Crippen LogP contribution < -0.4 is 10.7 Å². The average Bonchev–Trinajstić information content (AvgIpc) is 2.74. The summed E-state index contributed by atoms with van der Waals surface area (Å²) in [6.07, 6.45) is 0.800. The van der Waals surface area contributed by atoms with E-state index in [0.717, 1.165) is 5.56 Å². The van der Waals surface area contributed by atoms with Crippen LogP contribution in [0, 0.1) is 0 Å². The minimum Gasteiger partial charge on any atom is -0.444 e. The number of fused-ring (bicyclic) bond motifs is 1. The third-order valence-corrected chi connectivity index (χ3v) is 4.74. The highest BCUT2D eigenvalue weighted by Gasteiger charge is 2.22.